The van der Waals surface area contributed by atoms with Crippen molar-refractivity contribution in [1.82, 2.24) is 0 Å². The van der Waals surface area contributed by atoms with Crippen LogP contribution in [0.2, 0.25) is 5.02 Å². The van der Waals surface area contributed by atoms with E-state index in [0.29, 0.717) is 11.6 Å². The molecule has 15 heavy (non-hydrogen) atoms. The fraction of sp³-hybridized carbons (Fsp3) is 0.182. The average molecular weight is 287 g/mol. The number of hydrogen-bond donors (Lipinski definition) is 0. The van der Waals surface area contributed by atoms with Crippen molar-refractivity contribution >= 4 is 22.7 Å². The topological polar surface area (TPSA) is 17.0 Å². The number of rotatable bonds is 1. The number of halogens is 2. The first-order valence-electron chi connectivity index (χ1n) is 4.24. The molecule has 0 N–H and O–H groups in total. The van der Waals surface area contributed by atoms with Crippen LogP contribution in [0, 0.1) is 19.3 Å². The van der Waals surface area contributed by atoms with E-state index in [0.717, 1.165) is 17.0 Å². The number of terminal acetylenes is 1. The second kappa shape index (κ2) is 4.69. The summed E-state index contributed by atoms with van der Waals surface area (Å²) in [5, 5.41) is 0.684. The van der Waals surface area contributed by atoms with E-state index in [2.05, 4.69) is 5.92 Å². The summed E-state index contributed by atoms with van der Waals surface area (Å²) in [5.41, 5.74) is 1.75. The van der Waals surface area contributed by atoms with Crippen LogP contribution in [0.3, 0.4) is 0 Å². The van der Waals surface area contributed by atoms with Gasteiger partial charge in [-0.3, -0.25) is 0 Å². The van der Waals surface area contributed by atoms with Crippen molar-refractivity contribution in [3.8, 4) is 12.3 Å². The lowest BCUT2D eigenvalue weighted by Crippen LogP contribution is -3.00. The Morgan fingerprint density at radius 3 is 2.93 bits per heavy atom. The standard InChI is InChI=1S/C11H9ClNO.BrH/c1-3-6-13-8(2)14-11-5-4-9(12)7-10(11)13;/h1,4-5,7H,6H2,2H3;1H/q+1;/p-1. The molecule has 0 spiro atoms. The highest BCUT2D eigenvalue weighted by atomic mass is 79.9. The monoisotopic (exact) mass is 285 g/mol. The van der Waals surface area contributed by atoms with Crippen molar-refractivity contribution in [2.75, 3.05) is 0 Å². The molecule has 1 heterocycles. The molecular weight excluding hydrogens is 277 g/mol. The van der Waals surface area contributed by atoms with E-state index in [1.54, 1.807) is 6.07 Å². The van der Waals surface area contributed by atoms with Gasteiger partial charge in [0.1, 0.15) is 0 Å². The number of aromatic nitrogens is 1. The summed E-state index contributed by atoms with van der Waals surface area (Å²) in [6, 6.07) is 5.50. The molecule has 78 valence electrons. The highest BCUT2D eigenvalue weighted by Gasteiger charge is 2.17. The molecule has 0 unspecified atom stereocenters. The summed E-state index contributed by atoms with van der Waals surface area (Å²) in [6.45, 7) is 2.38. The average Bonchev–Trinajstić information content (AvgIpc) is 2.45. The second-order valence-electron chi connectivity index (χ2n) is 3.02. The van der Waals surface area contributed by atoms with E-state index >= 15 is 0 Å². The molecule has 0 saturated heterocycles. The summed E-state index contributed by atoms with van der Waals surface area (Å²) in [5.74, 6) is 3.37. The minimum absolute atomic E-state index is 0. The number of hydrogen-bond acceptors (Lipinski definition) is 1. The number of aryl methyl sites for hydroxylation is 1. The van der Waals surface area contributed by atoms with Crippen molar-refractivity contribution < 1.29 is 26.0 Å². The number of oxazole rings is 1. The van der Waals surface area contributed by atoms with Crippen LogP contribution >= 0.6 is 11.6 Å². The Labute approximate surface area is 104 Å². The van der Waals surface area contributed by atoms with Crippen LogP contribution in [0.1, 0.15) is 5.89 Å². The van der Waals surface area contributed by atoms with E-state index in [1.165, 1.54) is 0 Å². The third-order valence-corrected chi connectivity index (χ3v) is 2.33. The molecule has 0 amide bonds. The molecule has 0 aliphatic rings. The van der Waals surface area contributed by atoms with Crippen molar-refractivity contribution in [3.05, 3.63) is 29.1 Å². The first-order chi connectivity index (χ1) is 6.72. The molecule has 2 rings (SSSR count). The molecular formula is C11H9BrClNO. The largest absolute Gasteiger partial charge is 1.00 e. The Hall–Kier alpha value is -0.980. The molecule has 0 radical (unpaired) electrons. The van der Waals surface area contributed by atoms with Crippen LogP contribution in [-0.4, -0.2) is 0 Å². The first-order valence-corrected chi connectivity index (χ1v) is 4.62. The molecule has 0 bridgehead atoms. The van der Waals surface area contributed by atoms with Crippen molar-refractivity contribution in [3.63, 3.8) is 0 Å². The zero-order chi connectivity index (χ0) is 10.1. The maximum Gasteiger partial charge on any atom is 0.345 e. The molecule has 0 aliphatic carbocycles. The van der Waals surface area contributed by atoms with Gasteiger partial charge in [0, 0.05) is 11.1 Å². The van der Waals surface area contributed by atoms with E-state index in [1.807, 2.05) is 23.6 Å². The molecule has 1 aromatic carbocycles. The Morgan fingerprint density at radius 1 is 1.53 bits per heavy atom. The smallest absolute Gasteiger partial charge is 0.345 e. The molecule has 4 heteroatoms. The summed E-state index contributed by atoms with van der Waals surface area (Å²) < 4.78 is 7.43. The Bertz CT molecular complexity index is 527. The van der Waals surface area contributed by atoms with Gasteiger partial charge in [-0.05, 0) is 18.1 Å². The summed E-state index contributed by atoms with van der Waals surface area (Å²) in [7, 11) is 0. The highest BCUT2D eigenvalue weighted by Crippen LogP contribution is 2.18. The van der Waals surface area contributed by atoms with E-state index in [4.69, 9.17) is 22.4 Å². The SMILES string of the molecule is C#CC[n+]1c(C)oc2ccc(Cl)cc21.[Br-]. The van der Waals surface area contributed by atoms with Crippen LogP contribution in [0.4, 0.5) is 0 Å². The van der Waals surface area contributed by atoms with Crippen molar-refractivity contribution in [2.24, 2.45) is 0 Å². The summed E-state index contributed by atoms with van der Waals surface area (Å²) >= 11 is 5.89. The molecule has 2 nitrogen and oxygen atoms in total. The Balaban J connectivity index is 0.00000112. The Kier molecular flexibility index (Phi) is 3.78. The van der Waals surface area contributed by atoms with Crippen LogP contribution in [0.15, 0.2) is 22.6 Å². The molecule has 0 aliphatic heterocycles. The van der Waals surface area contributed by atoms with Gasteiger partial charge in [0.25, 0.3) is 5.52 Å². The second-order valence-corrected chi connectivity index (χ2v) is 3.46. The zero-order valence-electron chi connectivity index (χ0n) is 8.13. The lowest BCUT2D eigenvalue weighted by Gasteiger charge is -1.88. The van der Waals surface area contributed by atoms with Gasteiger partial charge in [-0.2, -0.15) is 0 Å². The predicted octanol–water partition coefficient (Wildman–Crippen LogP) is -0.681. The lowest BCUT2D eigenvalue weighted by atomic mass is 10.3. The number of benzene rings is 1. The van der Waals surface area contributed by atoms with Gasteiger partial charge in [-0.15, -0.1) is 11.0 Å². The number of fused-ring (bicyclic) bond motifs is 1. The predicted molar refractivity (Wildman–Crippen MR) is 55.0 cm³/mol. The van der Waals surface area contributed by atoms with Gasteiger partial charge < -0.3 is 21.4 Å². The van der Waals surface area contributed by atoms with Crippen LogP contribution in [0.5, 0.6) is 0 Å². The van der Waals surface area contributed by atoms with E-state index in [9.17, 15) is 0 Å². The van der Waals surface area contributed by atoms with E-state index in [-0.39, 0.29) is 17.0 Å². The van der Waals surface area contributed by atoms with Crippen molar-refractivity contribution in [1.29, 1.82) is 0 Å². The van der Waals surface area contributed by atoms with Crippen LogP contribution in [-0.2, 0) is 6.54 Å². The Morgan fingerprint density at radius 2 is 2.27 bits per heavy atom. The zero-order valence-corrected chi connectivity index (χ0v) is 10.5. The quantitative estimate of drug-likeness (QED) is 0.501. The normalized spacial score (nSPS) is 9.67. The summed E-state index contributed by atoms with van der Waals surface area (Å²) in [6.07, 6.45) is 5.27. The van der Waals surface area contributed by atoms with Gasteiger partial charge in [0.2, 0.25) is 12.1 Å². The fourth-order valence-electron chi connectivity index (χ4n) is 1.46. The van der Waals surface area contributed by atoms with Gasteiger partial charge in [-0.25, -0.2) is 0 Å². The maximum atomic E-state index is 5.89. The van der Waals surface area contributed by atoms with Gasteiger partial charge in [-0.1, -0.05) is 11.6 Å². The minimum Gasteiger partial charge on any atom is -1.00 e. The molecule has 2 aromatic rings. The number of nitrogens with zero attached hydrogens (tertiary/aromatic N) is 1. The van der Waals surface area contributed by atoms with Gasteiger partial charge in [0.15, 0.2) is 0 Å². The summed E-state index contributed by atoms with van der Waals surface area (Å²) in [4.78, 5) is 0. The van der Waals surface area contributed by atoms with Gasteiger partial charge >= 0.3 is 5.89 Å². The lowest BCUT2D eigenvalue weighted by molar-refractivity contribution is -0.670. The van der Waals surface area contributed by atoms with Crippen molar-refractivity contribution in [2.45, 2.75) is 13.5 Å². The fourth-order valence-corrected chi connectivity index (χ4v) is 1.63. The molecule has 0 atom stereocenters. The highest BCUT2D eigenvalue weighted by molar-refractivity contribution is 6.31. The van der Waals surface area contributed by atoms with Crippen LogP contribution < -0.4 is 21.5 Å². The third-order valence-electron chi connectivity index (χ3n) is 2.10. The molecule has 0 fully saturated rings. The minimum atomic E-state index is 0. The third kappa shape index (κ3) is 2.17. The maximum absolute atomic E-state index is 5.89. The molecule has 0 saturated carbocycles. The van der Waals surface area contributed by atoms with E-state index < -0.39 is 0 Å². The van der Waals surface area contributed by atoms with Gasteiger partial charge in [0.05, 0.1) is 6.92 Å². The first kappa shape index (κ1) is 12.1. The molecule has 1 aromatic heterocycles. The van der Waals surface area contributed by atoms with Crippen LogP contribution in [0.25, 0.3) is 11.1 Å².